The van der Waals surface area contributed by atoms with Crippen LogP contribution in [0.25, 0.3) is 10.9 Å². The standard InChI is InChI=1S/C25H26ClIN6O2/c26-15-9-10-18(27)20(13-15)30-22(34)14-21-24(35)28-11-12-33(21)25-31-19-8-4-3-7-17(19)23(32-25)29-16-5-1-2-6-16/h3-4,7-10,13,16,21H,1-2,5-6,11-12,14H2,(H,28,35)(H,30,34)(H,29,31,32). The van der Waals surface area contributed by atoms with E-state index in [4.69, 9.17) is 21.6 Å². The zero-order valence-electron chi connectivity index (χ0n) is 19.1. The number of benzene rings is 2. The van der Waals surface area contributed by atoms with Gasteiger partial charge in [-0.25, -0.2) is 4.98 Å². The molecule has 2 aliphatic rings. The molecule has 182 valence electrons. The van der Waals surface area contributed by atoms with Gasteiger partial charge in [0, 0.05) is 33.1 Å². The van der Waals surface area contributed by atoms with Crippen LogP contribution in [-0.2, 0) is 9.59 Å². The fraction of sp³-hybridized carbons (Fsp3) is 0.360. The maximum atomic E-state index is 13.0. The van der Waals surface area contributed by atoms with Crippen molar-refractivity contribution >= 4 is 74.4 Å². The Kier molecular flexibility index (Phi) is 7.24. The highest BCUT2D eigenvalue weighted by Crippen LogP contribution is 2.29. The summed E-state index contributed by atoms with van der Waals surface area (Å²) in [5.41, 5.74) is 1.43. The normalized spacial score (nSPS) is 18.5. The molecule has 1 saturated carbocycles. The van der Waals surface area contributed by atoms with E-state index in [0.717, 1.165) is 33.1 Å². The summed E-state index contributed by atoms with van der Waals surface area (Å²) in [5, 5.41) is 10.9. The Morgan fingerprint density at radius 1 is 1.17 bits per heavy atom. The van der Waals surface area contributed by atoms with Crippen LogP contribution in [0.15, 0.2) is 42.5 Å². The zero-order valence-corrected chi connectivity index (χ0v) is 22.0. The van der Waals surface area contributed by atoms with Crippen molar-refractivity contribution in [2.24, 2.45) is 0 Å². The molecule has 35 heavy (non-hydrogen) atoms. The van der Waals surface area contributed by atoms with Crippen molar-refractivity contribution in [2.45, 2.75) is 44.2 Å². The maximum Gasteiger partial charge on any atom is 0.243 e. The van der Waals surface area contributed by atoms with Crippen LogP contribution in [0.5, 0.6) is 0 Å². The molecule has 0 radical (unpaired) electrons. The molecule has 2 amide bonds. The Morgan fingerprint density at radius 3 is 2.80 bits per heavy atom. The fourth-order valence-corrected chi connectivity index (χ4v) is 5.34. The highest BCUT2D eigenvalue weighted by molar-refractivity contribution is 14.1. The molecule has 0 spiro atoms. The van der Waals surface area contributed by atoms with Crippen LogP contribution in [0.3, 0.4) is 0 Å². The van der Waals surface area contributed by atoms with Crippen molar-refractivity contribution in [2.75, 3.05) is 28.6 Å². The number of carbonyl (C=O) groups is 2. The number of nitrogens with one attached hydrogen (secondary N) is 3. The minimum Gasteiger partial charge on any atom is -0.367 e. The second kappa shape index (κ2) is 10.5. The lowest BCUT2D eigenvalue weighted by Crippen LogP contribution is -2.57. The molecule has 0 bridgehead atoms. The number of fused-ring (bicyclic) bond motifs is 1. The van der Waals surface area contributed by atoms with E-state index < -0.39 is 6.04 Å². The molecule has 2 aromatic carbocycles. The Morgan fingerprint density at radius 2 is 1.97 bits per heavy atom. The number of carbonyl (C=O) groups excluding carboxylic acids is 2. The number of hydrogen-bond donors (Lipinski definition) is 3. The van der Waals surface area contributed by atoms with Crippen molar-refractivity contribution in [3.8, 4) is 0 Å². The quantitative estimate of drug-likeness (QED) is 0.357. The Hall–Kier alpha value is -2.66. The number of rotatable bonds is 6. The smallest absolute Gasteiger partial charge is 0.243 e. The highest BCUT2D eigenvalue weighted by Gasteiger charge is 2.34. The summed E-state index contributed by atoms with van der Waals surface area (Å²) in [5.74, 6) is 0.742. The molecular formula is C25H26ClIN6O2. The van der Waals surface area contributed by atoms with Crippen molar-refractivity contribution in [3.63, 3.8) is 0 Å². The predicted octanol–water partition coefficient (Wildman–Crippen LogP) is 4.58. The van der Waals surface area contributed by atoms with Crippen LogP contribution in [0, 0.1) is 3.57 Å². The summed E-state index contributed by atoms with van der Waals surface area (Å²) in [6, 6.07) is 12.8. The Balaban J connectivity index is 1.43. The third-order valence-electron chi connectivity index (χ3n) is 6.46. The van der Waals surface area contributed by atoms with E-state index in [-0.39, 0.29) is 18.2 Å². The van der Waals surface area contributed by atoms with Gasteiger partial charge in [-0.05, 0) is 65.8 Å². The minimum atomic E-state index is -0.721. The molecule has 2 heterocycles. The Bertz CT molecular complexity index is 1270. The van der Waals surface area contributed by atoms with E-state index in [2.05, 4.69) is 38.5 Å². The second-order valence-corrected chi connectivity index (χ2v) is 10.5. The number of piperazine rings is 1. The van der Waals surface area contributed by atoms with Gasteiger partial charge in [-0.2, -0.15) is 4.98 Å². The number of halogens is 2. The summed E-state index contributed by atoms with van der Waals surface area (Å²) in [6.45, 7) is 0.977. The van der Waals surface area contributed by atoms with Crippen molar-refractivity contribution in [3.05, 3.63) is 51.1 Å². The average molecular weight is 605 g/mol. The molecule has 3 aromatic rings. The van der Waals surface area contributed by atoms with E-state index in [9.17, 15) is 9.59 Å². The summed E-state index contributed by atoms with van der Waals surface area (Å²) < 4.78 is 0.866. The van der Waals surface area contributed by atoms with Gasteiger partial charge in [0.05, 0.1) is 17.6 Å². The van der Waals surface area contributed by atoms with Gasteiger partial charge in [0.2, 0.25) is 17.8 Å². The second-order valence-electron chi connectivity index (χ2n) is 8.89. The largest absolute Gasteiger partial charge is 0.367 e. The minimum absolute atomic E-state index is 0.0317. The number of anilines is 3. The van der Waals surface area contributed by atoms with Crippen molar-refractivity contribution < 1.29 is 9.59 Å². The first-order valence-corrected chi connectivity index (χ1v) is 13.3. The van der Waals surface area contributed by atoms with Crippen LogP contribution in [0.4, 0.5) is 17.5 Å². The molecule has 1 aromatic heterocycles. The third-order valence-corrected chi connectivity index (χ3v) is 7.63. The van der Waals surface area contributed by atoms with E-state index in [1.807, 2.05) is 35.2 Å². The molecule has 10 heteroatoms. The predicted molar refractivity (Wildman–Crippen MR) is 147 cm³/mol. The maximum absolute atomic E-state index is 13.0. The van der Waals surface area contributed by atoms with Crippen LogP contribution in [-0.4, -0.2) is 47.0 Å². The van der Waals surface area contributed by atoms with Gasteiger partial charge in [0.25, 0.3) is 0 Å². The lowest BCUT2D eigenvalue weighted by atomic mass is 10.1. The van der Waals surface area contributed by atoms with Crippen LogP contribution in [0.2, 0.25) is 5.02 Å². The summed E-state index contributed by atoms with van der Waals surface area (Å²) in [7, 11) is 0. The molecule has 1 atom stereocenters. The number of para-hydroxylation sites is 1. The molecule has 1 saturated heterocycles. The average Bonchev–Trinajstić information content (AvgIpc) is 3.36. The topological polar surface area (TPSA) is 99.2 Å². The fourth-order valence-electron chi connectivity index (χ4n) is 4.69. The van der Waals surface area contributed by atoms with E-state index in [1.165, 1.54) is 12.8 Å². The monoisotopic (exact) mass is 604 g/mol. The van der Waals surface area contributed by atoms with Crippen LogP contribution < -0.4 is 20.9 Å². The molecule has 1 unspecified atom stereocenters. The molecular weight excluding hydrogens is 579 g/mol. The molecule has 3 N–H and O–H groups in total. The SMILES string of the molecule is O=C(CC1C(=O)NCCN1c1nc(NC2CCCC2)c2ccccc2n1)Nc1cc(Cl)ccc1I. The van der Waals surface area contributed by atoms with Gasteiger partial charge >= 0.3 is 0 Å². The molecule has 2 fully saturated rings. The van der Waals surface area contributed by atoms with Gasteiger partial charge in [-0.1, -0.05) is 36.6 Å². The zero-order chi connectivity index (χ0) is 24.4. The molecule has 1 aliphatic heterocycles. The number of hydrogen-bond acceptors (Lipinski definition) is 6. The van der Waals surface area contributed by atoms with Crippen LogP contribution in [0.1, 0.15) is 32.1 Å². The van der Waals surface area contributed by atoms with Gasteiger partial charge in [0.1, 0.15) is 11.9 Å². The number of aromatic nitrogens is 2. The molecule has 8 nitrogen and oxygen atoms in total. The first-order chi connectivity index (χ1) is 17.0. The van der Waals surface area contributed by atoms with Gasteiger partial charge in [0.15, 0.2) is 0 Å². The van der Waals surface area contributed by atoms with Crippen molar-refractivity contribution in [1.82, 2.24) is 15.3 Å². The highest BCUT2D eigenvalue weighted by atomic mass is 127. The first kappa shape index (κ1) is 24.1. The number of amides is 2. The van der Waals surface area contributed by atoms with Gasteiger partial charge < -0.3 is 20.9 Å². The lowest BCUT2D eigenvalue weighted by Gasteiger charge is -2.35. The van der Waals surface area contributed by atoms with Crippen molar-refractivity contribution in [1.29, 1.82) is 0 Å². The van der Waals surface area contributed by atoms with Crippen LogP contribution >= 0.6 is 34.2 Å². The Labute approximate surface area is 222 Å². The van der Waals surface area contributed by atoms with E-state index in [0.29, 0.717) is 35.8 Å². The lowest BCUT2D eigenvalue weighted by molar-refractivity contribution is -0.126. The van der Waals surface area contributed by atoms with Gasteiger partial charge in [-0.3, -0.25) is 9.59 Å². The first-order valence-electron chi connectivity index (χ1n) is 11.8. The van der Waals surface area contributed by atoms with E-state index >= 15 is 0 Å². The summed E-state index contributed by atoms with van der Waals surface area (Å²) in [4.78, 5) is 37.3. The summed E-state index contributed by atoms with van der Waals surface area (Å²) in [6.07, 6.45) is 4.62. The number of nitrogens with zero attached hydrogens (tertiary/aromatic N) is 3. The van der Waals surface area contributed by atoms with E-state index in [1.54, 1.807) is 12.1 Å². The third kappa shape index (κ3) is 5.45. The van der Waals surface area contributed by atoms with Gasteiger partial charge in [-0.15, -0.1) is 0 Å². The summed E-state index contributed by atoms with van der Waals surface area (Å²) >= 11 is 8.23. The molecule has 5 rings (SSSR count). The molecule has 1 aliphatic carbocycles.